The molecule has 0 unspecified atom stereocenters. The zero-order valence-corrected chi connectivity index (χ0v) is 15.6. The Balaban J connectivity index is 1.49. The van der Waals surface area contributed by atoms with Crippen molar-refractivity contribution in [3.8, 4) is 17.1 Å². The van der Waals surface area contributed by atoms with Gasteiger partial charge in [-0.05, 0) is 56.8 Å². The summed E-state index contributed by atoms with van der Waals surface area (Å²) in [5, 5.41) is 6.99. The van der Waals surface area contributed by atoms with E-state index in [-0.39, 0.29) is 0 Å². The molecule has 0 radical (unpaired) electrons. The van der Waals surface area contributed by atoms with Gasteiger partial charge in [0.15, 0.2) is 0 Å². The third-order valence-electron chi connectivity index (χ3n) is 5.58. The van der Waals surface area contributed by atoms with Crippen LogP contribution in [0.15, 0.2) is 36.7 Å². The number of rotatable bonds is 5. The van der Waals surface area contributed by atoms with Crippen molar-refractivity contribution >= 4 is 11.5 Å². The SMILES string of the molecule is COc1cc2ncc(-c3cccc(NC4CCNCC4)n3)n2cc1C1CC1. The maximum absolute atomic E-state index is 5.59. The maximum atomic E-state index is 5.59. The number of imidazole rings is 1. The van der Waals surface area contributed by atoms with Crippen molar-refractivity contribution in [1.29, 1.82) is 0 Å². The van der Waals surface area contributed by atoms with Crippen LogP contribution in [0, 0.1) is 0 Å². The Morgan fingerprint density at radius 2 is 2.04 bits per heavy atom. The van der Waals surface area contributed by atoms with E-state index in [0.717, 1.165) is 54.5 Å². The summed E-state index contributed by atoms with van der Waals surface area (Å²) >= 11 is 0. The molecule has 3 aromatic heterocycles. The lowest BCUT2D eigenvalue weighted by atomic mass is 10.1. The van der Waals surface area contributed by atoms with Gasteiger partial charge in [-0.2, -0.15) is 0 Å². The first kappa shape index (κ1) is 16.6. The van der Waals surface area contributed by atoms with Crippen molar-refractivity contribution < 1.29 is 4.74 Å². The van der Waals surface area contributed by atoms with E-state index in [9.17, 15) is 0 Å². The van der Waals surface area contributed by atoms with Crippen LogP contribution in [0.2, 0.25) is 0 Å². The van der Waals surface area contributed by atoms with Crippen molar-refractivity contribution in [2.75, 3.05) is 25.5 Å². The molecule has 6 heteroatoms. The Bertz CT molecular complexity index is 956. The largest absolute Gasteiger partial charge is 0.496 e. The van der Waals surface area contributed by atoms with Crippen LogP contribution in [0.5, 0.6) is 5.75 Å². The predicted octanol–water partition coefficient (Wildman–Crippen LogP) is 3.45. The topological polar surface area (TPSA) is 63.5 Å². The molecule has 1 aliphatic carbocycles. The van der Waals surface area contributed by atoms with Crippen LogP contribution < -0.4 is 15.4 Å². The molecule has 3 aromatic rings. The molecule has 5 rings (SSSR count). The second kappa shape index (κ2) is 6.85. The van der Waals surface area contributed by atoms with E-state index in [1.54, 1.807) is 7.11 Å². The van der Waals surface area contributed by atoms with Gasteiger partial charge in [-0.1, -0.05) is 6.07 Å². The van der Waals surface area contributed by atoms with E-state index in [1.165, 1.54) is 18.4 Å². The number of aromatic nitrogens is 3. The number of hydrogen-bond donors (Lipinski definition) is 2. The lowest BCUT2D eigenvalue weighted by molar-refractivity contribution is 0.409. The number of ether oxygens (including phenoxy) is 1. The summed E-state index contributed by atoms with van der Waals surface area (Å²) in [7, 11) is 1.74. The van der Waals surface area contributed by atoms with Crippen LogP contribution in [0.25, 0.3) is 17.0 Å². The van der Waals surface area contributed by atoms with E-state index >= 15 is 0 Å². The Kier molecular flexibility index (Phi) is 4.20. The maximum Gasteiger partial charge on any atom is 0.140 e. The highest BCUT2D eigenvalue weighted by Gasteiger charge is 2.28. The standard InChI is InChI=1S/C21H25N5O/c1-27-19-11-21-23-12-18(26(21)13-16(19)14-5-6-14)17-3-2-4-20(25-17)24-15-7-9-22-10-8-15/h2-4,11-15,22H,5-10H2,1H3,(H,24,25). The van der Waals surface area contributed by atoms with Gasteiger partial charge in [0, 0.05) is 23.9 Å². The Labute approximate surface area is 159 Å². The molecular weight excluding hydrogens is 338 g/mol. The van der Waals surface area contributed by atoms with Crippen LogP contribution in [-0.2, 0) is 0 Å². The fourth-order valence-corrected chi connectivity index (χ4v) is 3.92. The first-order valence-corrected chi connectivity index (χ1v) is 9.81. The van der Waals surface area contributed by atoms with Gasteiger partial charge in [-0.15, -0.1) is 0 Å². The second-order valence-electron chi connectivity index (χ2n) is 7.52. The molecule has 2 N–H and O–H groups in total. The smallest absolute Gasteiger partial charge is 0.140 e. The number of pyridine rings is 2. The average Bonchev–Trinajstić information content (AvgIpc) is 3.47. The summed E-state index contributed by atoms with van der Waals surface area (Å²) in [5.41, 5.74) is 4.12. The van der Waals surface area contributed by atoms with Crippen LogP contribution in [-0.4, -0.2) is 40.6 Å². The normalized spacial score (nSPS) is 18.0. The van der Waals surface area contributed by atoms with Crippen LogP contribution in [0.3, 0.4) is 0 Å². The number of fused-ring (bicyclic) bond motifs is 1. The molecular formula is C21H25N5O. The summed E-state index contributed by atoms with van der Waals surface area (Å²) in [6, 6.07) is 8.69. The third kappa shape index (κ3) is 3.25. The van der Waals surface area contributed by atoms with Gasteiger partial charge in [-0.3, -0.25) is 4.40 Å². The molecule has 1 saturated heterocycles. The van der Waals surface area contributed by atoms with Crippen molar-refractivity contribution in [2.45, 2.75) is 37.6 Å². The molecule has 1 saturated carbocycles. The number of hydrogen-bond acceptors (Lipinski definition) is 5. The monoisotopic (exact) mass is 363 g/mol. The molecule has 2 fully saturated rings. The molecule has 0 spiro atoms. The number of nitrogens with zero attached hydrogens (tertiary/aromatic N) is 3. The highest BCUT2D eigenvalue weighted by molar-refractivity contribution is 5.64. The van der Waals surface area contributed by atoms with Crippen molar-refractivity contribution in [1.82, 2.24) is 19.7 Å². The Hall–Kier alpha value is -2.60. The summed E-state index contributed by atoms with van der Waals surface area (Å²) in [6.45, 7) is 2.13. The molecule has 0 aromatic carbocycles. The minimum atomic E-state index is 0.488. The number of methoxy groups -OCH3 is 1. The molecule has 0 bridgehead atoms. The third-order valence-corrected chi connectivity index (χ3v) is 5.58. The lowest BCUT2D eigenvalue weighted by Crippen LogP contribution is -2.35. The van der Waals surface area contributed by atoms with Crippen molar-refractivity contribution in [3.05, 3.63) is 42.2 Å². The summed E-state index contributed by atoms with van der Waals surface area (Å²) in [6.07, 6.45) is 8.82. The Morgan fingerprint density at radius 1 is 1.19 bits per heavy atom. The van der Waals surface area contributed by atoms with Gasteiger partial charge in [0.25, 0.3) is 0 Å². The Morgan fingerprint density at radius 3 is 2.81 bits per heavy atom. The van der Waals surface area contributed by atoms with Gasteiger partial charge in [0.2, 0.25) is 0 Å². The van der Waals surface area contributed by atoms with E-state index < -0.39 is 0 Å². The minimum Gasteiger partial charge on any atom is -0.496 e. The zero-order chi connectivity index (χ0) is 18.2. The van der Waals surface area contributed by atoms with Gasteiger partial charge in [0.1, 0.15) is 17.2 Å². The fourth-order valence-electron chi connectivity index (χ4n) is 3.92. The first-order chi connectivity index (χ1) is 13.3. The molecule has 6 nitrogen and oxygen atoms in total. The minimum absolute atomic E-state index is 0.488. The van der Waals surface area contributed by atoms with E-state index in [2.05, 4.69) is 38.3 Å². The molecule has 2 aliphatic rings. The average molecular weight is 363 g/mol. The van der Waals surface area contributed by atoms with Gasteiger partial charge in [-0.25, -0.2) is 9.97 Å². The first-order valence-electron chi connectivity index (χ1n) is 9.81. The van der Waals surface area contributed by atoms with Gasteiger partial charge < -0.3 is 15.4 Å². The molecule has 0 amide bonds. The summed E-state index contributed by atoms with van der Waals surface area (Å²) < 4.78 is 7.73. The molecule has 140 valence electrons. The van der Waals surface area contributed by atoms with E-state index in [0.29, 0.717) is 12.0 Å². The highest BCUT2D eigenvalue weighted by atomic mass is 16.5. The number of piperidine rings is 1. The van der Waals surface area contributed by atoms with Crippen LogP contribution >= 0.6 is 0 Å². The fraction of sp³-hybridized carbons (Fsp3) is 0.429. The molecule has 1 aliphatic heterocycles. The van der Waals surface area contributed by atoms with Crippen LogP contribution in [0.4, 0.5) is 5.82 Å². The molecule has 4 heterocycles. The van der Waals surface area contributed by atoms with E-state index in [1.807, 2.05) is 18.3 Å². The molecule has 0 atom stereocenters. The number of nitrogens with one attached hydrogen (secondary N) is 2. The van der Waals surface area contributed by atoms with Crippen molar-refractivity contribution in [3.63, 3.8) is 0 Å². The summed E-state index contributed by atoms with van der Waals surface area (Å²) in [4.78, 5) is 9.45. The second-order valence-corrected chi connectivity index (χ2v) is 7.52. The highest BCUT2D eigenvalue weighted by Crippen LogP contribution is 2.44. The summed E-state index contributed by atoms with van der Waals surface area (Å²) in [5.74, 6) is 2.49. The van der Waals surface area contributed by atoms with Gasteiger partial charge >= 0.3 is 0 Å². The number of anilines is 1. The zero-order valence-electron chi connectivity index (χ0n) is 15.6. The quantitative estimate of drug-likeness (QED) is 0.727. The predicted molar refractivity (Wildman–Crippen MR) is 106 cm³/mol. The van der Waals surface area contributed by atoms with Gasteiger partial charge in [0.05, 0.1) is 24.7 Å². The van der Waals surface area contributed by atoms with Crippen LogP contribution in [0.1, 0.15) is 37.2 Å². The molecule has 27 heavy (non-hydrogen) atoms. The van der Waals surface area contributed by atoms with E-state index in [4.69, 9.17) is 9.72 Å². The van der Waals surface area contributed by atoms with Crippen molar-refractivity contribution in [2.24, 2.45) is 0 Å². The lowest BCUT2D eigenvalue weighted by Gasteiger charge is -2.24.